The lowest BCUT2D eigenvalue weighted by Gasteiger charge is -2.37. The first-order valence-electron chi connectivity index (χ1n) is 5.00. The molecule has 0 radical (unpaired) electrons. The second-order valence-electron chi connectivity index (χ2n) is 4.43. The molecular weight excluding hydrogens is 150 g/mol. The fraction of sp³-hybridized carbons (Fsp3) is 0.900. The Morgan fingerprint density at radius 1 is 1.50 bits per heavy atom. The molecule has 1 heterocycles. The second kappa shape index (κ2) is 2.75. The second-order valence-corrected chi connectivity index (χ2v) is 4.43. The van der Waals surface area contributed by atoms with E-state index < -0.39 is 0 Å². The lowest BCUT2D eigenvalue weighted by Crippen LogP contribution is -2.44. The van der Waals surface area contributed by atoms with Crippen LogP contribution in [0.4, 0.5) is 0 Å². The molecule has 1 amide bonds. The Morgan fingerprint density at radius 2 is 2.33 bits per heavy atom. The molecular formula is C10H17NO. The highest BCUT2D eigenvalue weighted by molar-refractivity contribution is 5.76. The van der Waals surface area contributed by atoms with Crippen LogP contribution in [0.2, 0.25) is 0 Å². The van der Waals surface area contributed by atoms with Crippen LogP contribution in [0.15, 0.2) is 0 Å². The summed E-state index contributed by atoms with van der Waals surface area (Å²) in [5.41, 5.74) is 0.480. The molecule has 2 heteroatoms. The SMILES string of the molecule is CC1CCCC12CCC(=O)NC2. The van der Waals surface area contributed by atoms with Crippen molar-refractivity contribution in [2.45, 2.75) is 39.0 Å². The first kappa shape index (κ1) is 8.09. The lowest BCUT2D eigenvalue weighted by atomic mass is 9.73. The molecule has 2 nitrogen and oxygen atoms in total. The topological polar surface area (TPSA) is 29.1 Å². The van der Waals surface area contributed by atoms with Crippen molar-refractivity contribution >= 4 is 5.91 Å². The predicted molar refractivity (Wildman–Crippen MR) is 47.7 cm³/mol. The minimum atomic E-state index is 0.250. The van der Waals surface area contributed by atoms with E-state index in [2.05, 4.69) is 12.2 Å². The zero-order chi connectivity index (χ0) is 8.60. The van der Waals surface area contributed by atoms with E-state index in [1.165, 1.54) is 19.3 Å². The molecule has 1 aliphatic carbocycles. The Bertz CT molecular complexity index is 190. The number of hydrogen-bond acceptors (Lipinski definition) is 1. The van der Waals surface area contributed by atoms with Gasteiger partial charge in [0.2, 0.25) is 5.91 Å². The van der Waals surface area contributed by atoms with E-state index in [1.54, 1.807) is 0 Å². The predicted octanol–water partition coefficient (Wildman–Crippen LogP) is 1.70. The zero-order valence-corrected chi connectivity index (χ0v) is 7.73. The van der Waals surface area contributed by atoms with E-state index >= 15 is 0 Å². The summed E-state index contributed by atoms with van der Waals surface area (Å²) in [5.74, 6) is 1.07. The average Bonchev–Trinajstić information content (AvgIpc) is 2.41. The Balaban J connectivity index is 2.06. The van der Waals surface area contributed by atoms with Gasteiger partial charge in [-0.25, -0.2) is 0 Å². The third-order valence-corrected chi connectivity index (χ3v) is 3.84. The lowest BCUT2D eigenvalue weighted by molar-refractivity contribution is -0.124. The molecule has 1 saturated heterocycles. The summed E-state index contributed by atoms with van der Waals surface area (Å²) in [5, 5.41) is 3.01. The molecule has 1 spiro atoms. The summed E-state index contributed by atoms with van der Waals surface area (Å²) in [6, 6.07) is 0. The maximum absolute atomic E-state index is 11.0. The van der Waals surface area contributed by atoms with E-state index in [4.69, 9.17) is 0 Å². The van der Waals surface area contributed by atoms with Gasteiger partial charge in [-0.15, -0.1) is 0 Å². The summed E-state index contributed by atoms with van der Waals surface area (Å²) >= 11 is 0. The molecule has 0 bridgehead atoms. The molecule has 12 heavy (non-hydrogen) atoms. The van der Waals surface area contributed by atoms with Crippen molar-refractivity contribution < 1.29 is 4.79 Å². The highest BCUT2D eigenvalue weighted by Gasteiger charge is 2.42. The van der Waals surface area contributed by atoms with Crippen molar-refractivity contribution in [2.24, 2.45) is 11.3 Å². The van der Waals surface area contributed by atoms with Gasteiger partial charge in [0.25, 0.3) is 0 Å². The van der Waals surface area contributed by atoms with Gasteiger partial charge < -0.3 is 5.32 Å². The molecule has 2 fully saturated rings. The van der Waals surface area contributed by atoms with Crippen LogP contribution in [0.1, 0.15) is 39.0 Å². The van der Waals surface area contributed by atoms with Crippen LogP contribution in [-0.2, 0) is 4.79 Å². The molecule has 68 valence electrons. The quantitative estimate of drug-likeness (QED) is 0.584. The van der Waals surface area contributed by atoms with E-state index in [-0.39, 0.29) is 5.91 Å². The average molecular weight is 167 g/mol. The molecule has 0 aromatic carbocycles. The summed E-state index contributed by atoms with van der Waals surface area (Å²) in [6.45, 7) is 3.28. The van der Waals surface area contributed by atoms with Crippen LogP contribution in [-0.4, -0.2) is 12.5 Å². The third-order valence-electron chi connectivity index (χ3n) is 3.84. The van der Waals surface area contributed by atoms with Gasteiger partial charge in [-0.2, -0.15) is 0 Å². The molecule has 1 N–H and O–H groups in total. The number of carbonyl (C=O) groups excluding carboxylic acids is 1. The molecule has 1 saturated carbocycles. The van der Waals surface area contributed by atoms with Crippen molar-refractivity contribution in [1.82, 2.24) is 5.32 Å². The van der Waals surface area contributed by atoms with E-state index in [0.29, 0.717) is 5.41 Å². The van der Waals surface area contributed by atoms with Crippen molar-refractivity contribution in [3.63, 3.8) is 0 Å². The smallest absolute Gasteiger partial charge is 0.220 e. The van der Waals surface area contributed by atoms with Crippen molar-refractivity contribution in [3.05, 3.63) is 0 Å². The number of hydrogen-bond donors (Lipinski definition) is 1. The number of nitrogens with one attached hydrogen (secondary N) is 1. The monoisotopic (exact) mass is 167 g/mol. The van der Waals surface area contributed by atoms with Crippen LogP contribution >= 0.6 is 0 Å². The zero-order valence-electron chi connectivity index (χ0n) is 7.73. The molecule has 2 unspecified atom stereocenters. The number of carbonyl (C=O) groups is 1. The number of rotatable bonds is 0. The molecule has 0 aromatic rings. The van der Waals surface area contributed by atoms with E-state index in [1.807, 2.05) is 0 Å². The van der Waals surface area contributed by atoms with Gasteiger partial charge in [-0.3, -0.25) is 4.79 Å². The minimum absolute atomic E-state index is 0.250. The highest BCUT2D eigenvalue weighted by Crippen LogP contribution is 2.47. The first-order chi connectivity index (χ1) is 5.73. The Hall–Kier alpha value is -0.530. The maximum Gasteiger partial charge on any atom is 0.220 e. The van der Waals surface area contributed by atoms with Crippen molar-refractivity contribution in [3.8, 4) is 0 Å². The van der Waals surface area contributed by atoms with Crippen LogP contribution in [0.3, 0.4) is 0 Å². The van der Waals surface area contributed by atoms with Crippen molar-refractivity contribution in [1.29, 1.82) is 0 Å². The highest BCUT2D eigenvalue weighted by atomic mass is 16.1. The van der Waals surface area contributed by atoms with E-state index in [9.17, 15) is 4.79 Å². The third kappa shape index (κ3) is 1.13. The summed E-state index contributed by atoms with van der Waals surface area (Å²) in [4.78, 5) is 11.0. The van der Waals surface area contributed by atoms with Crippen LogP contribution in [0.5, 0.6) is 0 Å². The summed E-state index contributed by atoms with van der Waals surface area (Å²) in [6.07, 6.45) is 5.92. The largest absolute Gasteiger partial charge is 0.356 e. The summed E-state index contributed by atoms with van der Waals surface area (Å²) in [7, 11) is 0. The molecule has 2 atom stereocenters. The molecule has 2 rings (SSSR count). The molecule has 0 aromatic heterocycles. The van der Waals surface area contributed by atoms with Crippen molar-refractivity contribution in [2.75, 3.05) is 6.54 Å². The van der Waals surface area contributed by atoms with Gasteiger partial charge in [-0.1, -0.05) is 19.8 Å². The first-order valence-corrected chi connectivity index (χ1v) is 5.00. The van der Waals surface area contributed by atoms with Gasteiger partial charge >= 0.3 is 0 Å². The Labute approximate surface area is 73.7 Å². The fourth-order valence-electron chi connectivity index (χ4n) is 2.76. The molecule has 2 aliphatic rings. The van der Waals surface area contributed by atoms with E-state index in [0.717, 1.165) is 25.3 Å². The maximum atomic E-state index is 11.0. The van der Waals surface area contributed by atoms with Crippen LogP contribution < -0.4 is 5.32 Å². The Kier molecular flexibility index (Phi) is 1.85. The number of piperidine rings is 1. The minimum Gasteiger partial charge on any atom is -0.356 e. The van der Waals surface area contributed by atoms with Gasteiger partial charge in [0.15, 0.2) is 0 Å². The van der Waals surface area contributed by atoms with Gasteiger partial charge in [0.05, 0.1) is 0 Å². The Morgan fingerprint density at radius 3 is 2.83 bits per heavy atom. The van der Waals surface area contributed by atoms with Gasteiger partial charge in [-0.05, 0) is 24.2 Å². The van der Waals surface area contributed by atoms with Crippen LogP contribution in [0, 0.1) is 11.3 Å². The normalized spacial score (nSPS) is 41.8. The fourth-order valence-corrected chi connectivity index (χ4v) is 2.76. The summed E-state index contributed by atoms with van der Waals surface area (Å²) < 4.78 is 0. The molecule has 1 aliphatic heterocycles. The van der Waals surface area contributed by atoms with Crippen LogP contribution in [0.25, 0.3) is 0 Å². The standard InChI is InChI=1S/C10H17NO/c1-8-3-2-5-10(8)6-4-9(12)11-7-10/h8H,2-7H2,1H3,(H,11,12). The number of amides is 1. The van der Waals surface area contributed by atoms with Gasteiger partial charge in [0, 0.05) is 13.0 Å². The van der Waals surface area contributed by atoms with Gasteiger partial charge in [0.1, 0.15) is 0 Å².